The summed E-state index contributed by atoms with van der Waals surface area (Å²) in [5.74, 6) is 1.95. The van der Waals surface area contributed by atoms with E-state index in [1.54, 1.807) is 11.6 Å². The molecule has 0 aliphatic heterocycles. The van der Waals surface area contributed by atoms with Crippen molar-refractivity contribution in [3.63, 3.8) is 0 Å². The van der Waals surface area contributed by atoms with Crippen molar-refractivity contribution in [2.45, 2.75) is 33.2 Å². The Bertz CT molecular complexity index is 683. The molecule has 0 aromatic carbocycles. The minimum Gasteiger partial charge on any atom is -0.466 e. The molecule has 0 aliphatic carbocycles. The summed E-state index contributed by atoms with van der Waals surface area (Å²) in [4.78, 5) is 12.2. The van der Waals surface area contributed by atoms with Crippen LogP contribution in [-0.2, 0) is 18.4 Å². The van der Waals surface area contributed by atoms with Gasteiger partial charge in [0.25, 0.3) is 0 Å². The first-order valence-corrected chi connectivity index (χ1v) is 6.76. The topological polar surface area (TPSA) is 75.8 Å². The van der Waals surface area contributed by atoms with Gasteiger partial charge in [0.15, 0.2) is 10.6 Å². The number of aromatic nitrogens is 3. The van der Waals surface area contributed by atoms with E-state index >= 15 is 0 Å². The zero-order chi connectivity index (χ0) is 14.9. The minimum atomic E-state index is -0.264. The van der Waals surface area contributed by atoms with E-state index in [-0.39, 0.29) is 11.8 Å². The number of hydrogen-bond donors (Lipinski definition) is 2. The summed E-state index contributed by atoms with van der Waals surface area (Å²) in [5, 5.41) is 9.59. The molecule has 2 aromatic heterocycles. The van der Waals surface area contributed by atoms with Crippen molar-refractivity contribution in [2.24, 2.45) is 7.05 Å². The van der Waals surface area contributed by atoms with Crippen LogP contribution in [0.1, 0.15) is 35.7 Å². The lowest BCUT2D eigenvalue weighted by Crippen LogP contribution is -2.28. The third-order valence-corrected chi connectivity index (χ3v) is 3.70. The number of H-pyrrole nitrogens is 1. The van der Waals surface area contributed by atoms with Crippen LogP contribution >= 0.6 is 12.2 Å². The SMILES string of the molecule is Cc1cc([C@@H](C)C(=O)NCc2n[nH]c(=S)n2C)c(C)o1. The van der Waals surface area contributed by atoms with Crippen molar-refractivity contribution in [1.82, 2.24) is 20.1 Å². The molecule has 6 nitrogen and oxygen atoms in total. The van der Waals surface area contributed by atoms with Crippen LogP contribution in [0, 0.1) is 18.6 Å². The van der Waals surface area contributed by atoms with Gasteiger partial charge < -0.3 is 14.3 Å². The number of aromatic amines is 1. The van der Waals surface area contributed by atoms with Crippen LogP contribution in [0.25, 0.3) is 0 Å². The molecule has 0 unspecified atom stereocenters. The van der Waals surface area contributed by atoms with Gasteiger partial charge >= 0.3 is 0 Å². The Morgan fingerprint density at radius 2 is 2.30 bits per heavy atom. The maximum absolute atomic E-state index is 12.2. The number of nitrogens with one attached hydrogen (secondary N) is 2. The molecule has 0 spiro atoms. The van der Waals surface area contributed by atoms with Gasteiger partial charge in [-0.05, 0) is 39.1 Å². The van der Waals surface area contributed by atoms with Gasteiger partial charge in [-0.15, -0.1) is 0 Å². The molecule has 2 aromatic rings. The Balaban J connectivity index is 2.03. The molecule has 1 atom stereocenters. The second-order valence-corrected chi connectivity index (χ2v) is 5.20. The van der Waals surface area contributed by atoms with Crippen LogP contribution in [-0.4, -0.2) is 20.7 Å². The molecule has 2 N–H and O–H groups in total. The van der Waals surface area contributed by atoms with E-state index in [1.165, 1.54) is 0 Å². The van der Waals surface area contributed by atoms with Gasteiger partial charge in [0.2, 0.25) is 5.91 Å². The van der Waals surface area contributed by atoms with Crippen LogP contribution in [0.15, 0.2) is 10.5 Å². The van der Waals surface area contributed by atoms with Crippen LogP contribution in [0.5, 0.6) is 0 Å². The van der Waals surface area contributed by atoms with E-state index in [0.717, 1.165) is 17.1 Å². The first-order valence-electron chi connectivity index (χ1n) is 6.35. The van der Waals surface area contributed by atoms with Gasteiger partial charge in [0.05, 0.1) is 12.5 Å². The molecule has 0 aliphatic rings. The van der Waals surface area contributed by atoms with Gasteiger partial charge in [0, 0.05) is 12.6 Å². The van der Waals surface area contributed by atoms with Crippen molar-refractivity contribution in [1.29, 1.82) is 0 Å². The molecular formula is C13H18N4O2S. The standard InChI is InChI=1S/C13H18N4O2S/c1-7-5-10(9(3)19-7)8(2)12(18)14-6-11-15-16-13(20)17(11)4/h5,8H,6H2,1-4H3,(H,14,18)(H,16,20)/t8-/m1/s1. The van der Waals surface area contributed by atoms with Crippen molar-refractivity contribution >= 4 is 18.1 Å². The highest BCUT2D eigenvalue weighted by molar-refractivity contribution is 7.71. The second-order valence-electron chi connectivity index (χ2n) is 4.81. The fourth-order valence-electron chi connectivity index (χ4n) is 2.08. The molecule has 0 bridgehead atoms. The van der Waals surface area contributed by atoms with Gasteiger partial charge in [-0.3, -0.25) is 9.89 Å². The van der Waals surface area contributed by atoms with Crippen molar-refractivity contribution in [3.8, 4) is 0 Å². The van der Waals surface area contributed by atoms with Gasteiger partial charge in [-0.1, -0.05) is 0 Å². The highest BCUT2D eigenvalue weighted by Crippen LogP contribution is 2.23. The zero-order valence-corrected chi connectivity index (χ0v) is 12.8. The maximum atomic E-state index is 12.2. The maximum Gasteiger partial charge on any atom is 0.227 e. The summed E-state index contributed by atoms with van der Waals surface area (Å²) in [6, 6.07) is 1.90. The van der Waals surface area contributed by atoms with Crippen LogP contribution in [0.4, 0.5) is 0 Å². The van der Waals surface area contributed by atoms with E-state index in [9.17, 15) is 4.79 Å². The third kappa shape index (κ3) is 2.82. The molecular weight excluding hydrogens is 276 g/mol. The average molecular weight is 294 g/mol. The second kappa shape index (κ2) is 5.62. The van der Waals surface area contributed by atoms with Crippen LogP contribution in [0.2, 0.25) is 0 Å². The van der Waals surface area contributed by atoms with Crippen LogP contribution < -0.4 is 5.32 Å². The monoisotopic (exact) mass is 294 g/mol. The highest BCUT2D eigenvalue weighted by atomic mass is 32.1. The summed E-state index contributed by atoms with van der Waals surface area (Å²) in [6.45, 7) is 5.93. The summed E-state index contributed by atoms with van der Waals surface area (Å²) in [5.41, 5.74) is 0.912. The zero-order valence-electron chi connectivity index (χ0n) is 12.0. The van der Waals surface area contributed by atoms with Gasteiger partial charge in [-0.2, -0.15) is 5.10 Å². The summed E-state index contributed by atoms with van der Waals surface area (Å²) >= 11 is 5.02. The predicted molar refractivity (Wildman–Crippen MR) is 76.8 cm³/mol. The first kappa shape index (κ1) is 14.5. The average Bonchev–Trinajstić information content (AvgIpc) is 2.90. The number of aryl methyl sites for hydroxylation is 2. The van der Waals surface area contributed by atoms with Gasteiger partial charge in [-0.25, -0.2) is 0 Å². The lowest BCUT2D eigenvalue weighted by molar-refractivity contribution is -0.122. The quantitative estimate of drug-likeness (QED) is 0.847. The van der Waals surface area contributed by atoms with Crippen LogP contribution in [0.3, 0.4) is 0 Å². The Morgan fingerprint density at radius 3 is 2.80 bits per heavy atom. The van der Waals surface area contributed by atoms with E-state index < -0.39 is 0 Å². The Labute approximate surface area is 122 Å². The van der Waals surface area contributed by atoms with E-state index in [2.05, 4.69) is 15.5 Å². The molecule has 0 saturated carbocycles. The summed E-state index contributed by atoms with van der Waals surface area (Å²) < 4.78 is 7.72. The number of furan rings is 1. The number of nitrogens with zero attached hydrogens (tertiary/aromatic N) is 2. The summed E-state index contributed by atoms with van der Waals surface area (Å²) in [7, 11) is 1.81. The molecule has 2 heterocycles. The lowest BCUT2D eigenvalue weighted by atomic mass is 10.0. The third-order valence-electron chi connectivity index (χ3n) is 3.33. The van der Waals surface area contributed by atoms with E-state index in [4.69, 9.17) is 16.6 Å². The molecule has 1 amide bonds. The highest BCUT2D eigenvalue weighted by Gasteiger charge is 2.20. The Hall–Kier alpha value is -1.89. The fourth-order valence-corrected chi connectivity index (χ4v) is 2.23. The molecule has 108 valence electrons. The Kier molecular flexibility index (Phi) is 4.08. The molecule has 20 heavy (non-hydrogen) atoms. The number of amides is 1. The normalized spacial score (nSPS) is 12.4. The first-order chi connectivity index (χ1) is 9.40. The molecule has 0 fully saturated rings. The molecule has 0 saturated heterocycles. The predicted octanol–water partition coefficient (Wildman–Crippen LogP) is 2.11. The number of rotatable bonds is 4. The smallest absolute Gasteiger partial charge is 0.227 e. The largest absolute Gasteiger partial charge is 0.466 e. The van der Waals surface area contributed by atoms with Crippen molar-refractivity contribution in [3.05, 3.63) is 33.7 Å². The summed E-state index contributed by atoms with van der Waals surface area (Å²) in [6.07, 6.45) is 0. The Morgan fingerprint density at radius 1 is 1.60 bits per heavy atom. The van der Waals surface area contributed by atoms with E-state index in [0.29, 0.717) is 17.1 Å². The van der Waals surface area contributed by atoms with Crippen molar-refractivity contribution in [2.75, 3.05) is 0 Å². The molecule has 0 radical (unpaired) electrons. The fraction of sp³-hybridized carbons (Fsp3) is 0.462. The van der Waals surface area contributed by atoms with Crippen molar-refractivity contribution < 1.29 is 9.21 Å². The molecule has 7 heteroatoms. The van der Waals surface area contributed by atoms with E-state index in [1.807, 2.05) is 26.8 Å². The minimum absolute atomic E-state index is 0.0668. The number of hydrogen-bond acceptors (Lipinski definition) is 4. The van der Waals surface area contributed by atoms with Gasteiger partial charge in [0.1, 0.15) is 11.5 Å². The lowest BCUT2D eigenvalue weighted by Gasteiger charge is -2.11. The number of carbonyl (C=O) groups excluding carboxylic acids is 1. The molecule has 2 rings (SSSR count). The number of carbonyl (C=O) groups is 1.